The third-order valence-corrected chi connectivity index (χ3v) is 5.92. The van der Waals surface area contributed by atoms with E-state index in [4.69, 9.17) is 9.73 Å². The van der Waals surface area contributed by atoms with Crippen molar-refractivity contribution in [1.29, 1.82) is 0 Å². The zero-order valence-corrected chi connectivity index (χ0v) is 19.6. The Hall–Kier alpha value is -2.49. The Bertz CT molecular complexity index is 884. The maximum atomic E-state index is 5.84. The molecule has 2 N–H and O–H groups in total. The van der Waals surface area contributed by atoms with Gasteiger partial charge in [-0.05, 0) is 56.5 Å². The number of aliphatic imine (C=N–C) groups is 1. The molecule has 0 saturated heterocycles. The fraction of sp³-hybridized carbons (Fsp3) is 0.519. The van der Waals surface area contributed by atoms with E-state index >= 15 is 0 Å². The van der Waals surface area contributed by atoms with E-state index in [9.17, 15) is 0 Å². The van der Waals surface area contributed by atoms with Crippen molar-refractivity contribution >= 4 is 11.8 Å². The molecule has 0 amide bonds. The van der Waals surface area contributed by atoms with Crippen LogP contribution < -0.4 is 0 Å². The molecule has 2 aromatic rings. The van der Waals surface area contributed by atoms with Crippen LogP contribution in [0, 0.1) is 6.92 Å². The van der Waals surface area contributed by atoms with Gasteiger partial charge in [-0.25, -0.2) is 4.99 Å². The molecule has 1 aliphatic rings. The molecule has 4 nitrogen and oxygen atoms in total. The first-order chi connectivity index (χ1) is 15.2. The number of H-pyrrole nitrogens is 2. The maximum Gasteiger partial charge on any atom is 0.147 e. The lowest BCUT2D eigenvalue weighted by Crippen LogP contribution is -1.94. The third kappa shape index (κ3) is 7.02. The lowest BCUT2D eigenvalue weighted by molar-refractivity contribution is 0.239. The van der Waals surface area contributed by atoms with E-state index in [2.05, 4.69) is 36.0 Å². The minimum Gasteiger partial charge on any atom is -0.492 e. The molecule has 0 saturated carbocycles. The van der Waals surface area contributed by atoms with Gasteiger partial charge in [0.25, 0.3) is 0 Å². The van der Waals surface area contributed by atoms with Crippen LogP contribution in [0.15, 0.2) is 46.9 Å². The summed E-state index contributed by atoms with van der Waals surface area (Å²) in [5, 5.41) is 0. The van der Waals surface area contributed by atoms with Crippen LogP contribution in [-0.4, -0.2) is 22.3 Å². The number of rotatable bonds is 14. The summed E-state index contributed by atoms with van der Waals surface area (Å²) in [6.45, 7) is 7.09. The van der Waals surface area contributed by atoms with Crippen molar-refractivity contribution in [3.8, 4) is 0 Å². The Kier molecular flexibility index (Phi) is 9.26. The van der Waals surface area contributed by atoms with Gasteiger partial charge in [0, 0.05) is 23.7 Å². The molecular formula is C27H39N3O. The number of aryl methyl sites for hydroxylation is 2. The van der Waals surface area contributed by atoms with Crippen LogP contribution in [0.3, 0.4) is 0 Å². The van der Waals surface area contributed by atoms with Crippen LogP contribution in [0.4, 0.5) is 0 Å². The fourth-order valence-corrected chi connectivity index (χ4v) is 4.16. The Morgan fingerprint density at radius 3 is 2.42 bits per heavy atom. The van der Waals surface area contributed by atoms with Gasteiger partial charge in [-0.3, -0.25) is 0 Å². The number of aromatic amines is 2. The highest BCUT2D eigenvalue weighted by molar-refractivity contribution is 6.11. The first-order valence-corrected chi connectivity index (χ1v) is 12.2. The maximum absolute atomic E-state index is 5.84. The Morgan fingerprint density at radius 2 is 1.74 bits per heavy atom. The monoisotopic (exact) mass is 421 g/mol. The lowest BCUT2D eigenvalue weighted by atomic mass is 10.0. The minimum atomic E-state index is 0.629. The Morgan fingerprint density at radius 1 is 1.00 bits per heavy atom. The highest BCUT2D eigenvalue weighted by atomic mass is 16.5. The van der Waals surface area contributed by atoms with E-state index in [1.807, 2.05) is 31.3 Å². The number of nitrogens with zero attached hydrogens (tertiary/aromatic N) is 1. The van der Waals surface area contributed by atoms with Gasteiger partial charge >= 0.3 is 0 Å². The van der Waals surface area contributed by atoms with Crippen LogP contribution in [0.25, 0.3) is 6.08 Å². The van der Waals surface area contributed by atoms with E-state index in [1.165, 1.54) is 69.0 Å². The third-order valence-electron chi connectivity index (χ3n) is 5.92. The number of allylic oxidation sites excluding steroid dienone is 1. The molecule has 2 aromatic heterocycles. The van der Waals surface area contributed by atoms with Gasteiger partial charge in [0.1, 0.15) is 11.5 Å². The number of unbranched alkanes of at least 4 members (excludes halogenated alkanes) is 8. The van der Waals surface area contributed by atoms with E-state index in [0.717, 1.165) is 35.0 Å². The van der Waals surface area contributed by atoms with Crippen molar-refractivity contribution in [3.63, 3.8) is 0 Å². The van der Waals surface area contributed by atoms with Gasteiger partial charge in [-0.2, -0.15) is 0 Å². The number of hydrogen-bond donors (Lipinski definition) is 2. The standard InChI is InChI=1S/C27H39N3O/c1-4-6-7-8-9-10-11-12-13-15-22-18-23(29-21(22)3)19-26-27(31-5-2)20-25(30-26)24-16-14-17-28-24/h14,16-20,28-29H,4-13,15H2,1-3H3/b26-19-. The first kappa shape index (κ1) is 23.2. The smallest absolute Gasteiger partial charge is 0.147 e. The molecule has 0 atom stereocenters. The van der Waals surface area contributed by atoms with Gasteiger partial charge in [-0.15, -0.1) is 0 Å². The Balaban J connectivity index is 1.53. The van der Waals surface area contributed by atoms with Gasteiger partial charge in [0.05, 0.1) is 18.0 Å². The first-order valence-electron chi connectivity index (χ1n) is 12.2. The molecule has 0 aliphatic carbocycles. The average Bonchev–Trinajstić information content (AvgIpc) is 3.49. The summed E-state index contributed by atoms with van der Waals surface area (Å²) >= 11 is 0. The van der Waals surface area contributed by atoms with E-state index in [-0.39, 0.29) is 0 Å². The SMILES string of the molecule is CCCCCCCCCCCc1cc(/C=C2\N=C(c3ccc[nH]3)C=C2OCC)[nH]c1C. The largest absolute Gasteiger partial charge is 0.492 e. The number of aromatic nitrogens is 2. The molecule has 3 rings (SSSR count). The van der Waals surface area contributed by atoms with Crippen LogP contribution in [-0.2, 0) is 11.2 Å². The van der Waals surface area contributed by atoms with Crippen molar-refractivity contribution in [2.75, 3.05) is 6.61 Å². The lowest BCUT2D eigenvalue weighted by Gasteiger charge is -2.03. The molecule has 0 spiro atoms. The number of ether oxygens (including phenoxy) is 1. The molecular weight excluding hydrogens is 382 g/mol. The summed E-state index contributed by atoms with van der Waals surface area (Å²) in [7, 11) is 0. The van der Waals surface area contributed by atoms with Crippen LogP contribution in [0.1, 0.15) is 94.3 Å². The molecule has 1 aliphatic heterocycles. The van der Waals surface area contributed by atoms with Gasteiger partial charge in [-0.1, -0.05) is 58.3 Å². The summed E-state index contributed by atoms with van der Waals surface area (Å²) in [4.78, 5) is 11.5. The van der Waals surface area contributed by atoms with Crippen molar-refractivity contribution in [2.45, 2.75) is 85.0 Å². The van der Waals surface area contributed by atoms with E-state index in [1.54, 1.807) is 0 Å². The van der Waals surface area contributed by atoms with Crippen molar-refractivity contribution in [1.82, 2.24) is 9.97 Å². The topological polar surface area (TPSA) is 53.2 Å². The van der Waals surface area contributed by atoms with Crippen LogP contribution in [0.2, 0.25) is 0 Å². The molecule has 0 unspecified atom stereocenters. The highest BCUT2D eigenvalue weighted by Gasteiger charge is 2.18. The second-order valence-electron chi connectivity index (χ2n) is 8.51. The van der Waals surface area contributed by atoms with Crippen LogP contribution >= 0.6 is 0 Å². The fourth-order valence-electron chi connectivity index (χ4n) is 4.16. The highest BCUT2D eigenvalue weighted by Crippen LogP contribution is 2.26. The summed E-state index contributed by atoms with van der Waals surface area (Å²) < 4.78 is 5.84. The van der Waals surface area contributed by atoms with Gasteiger partial charge in [0.2, 0.25) is 0 Å². The normalized spacial score (nSPS) is 14.9. The van der Waals surface area contributed by atoms with Gasteiger partial charge in [0.15, 0.2) is 0 Å². The summed E-state index contributed by atoms with van der Waals surface area (Å²) in [6.07, 6.45) is 19.5. The molecule has 0 aromatic carbocycles. The molecule has 168 valence electrons. The molecule has 0 fully saturated rings. The molecule has 0 radical (unpaired) electrons. The quantitative estimate of drug-likeness (QED) is 0.305. The average molecular weight is 422 g/mol. The van der Waals surface area contributed by atoms with E-state index in [0.29, 0.717) is 6.61 Å². The zero-order valence-electron chi connectivity index (χ0n) is 19.6. The summed E-state index contributed by atoms with van der Waals surface area (Å²) in [5.74, 6) is 0.833. The van der Waals surface area contributed by atoms with Crippen LogP contribution in [0.5, 0.6) is 0 Å². The number of hydrogen-bond acceptors (Lipinski definition) is 2. The zero-order chi connectivity index (χ0) is 21.9. The summed E-state index contributed by atoms with van der Waals surface area (Å²) in [6, 6.07) is 6.30. The Labute approximate surface area is 187 Å². The van der Waals surface area contributed by atoms with E-state index < -0.39 is 0 Å². The predicted molar refractivity (Wildman–Crippen MR) is 131 cm³/mol. The second-order valence-corrected chi connectivity index (χ2v) is 8.51. The van der Waals surface area contributed by atoms with Gasteiger partial charge < -0.3 is 14.7 Å². The second kappa shape index (κ2) is 12.4. The number of nitrogens with one attached hydrogen (secondary N) is 2. The molecule has 0 bridgehead atoms. The minimum absolute atomic E-state index is 0.629. The van der Waals surface area contributed by atoms with Crippen molar-refractivity contribution in [2.24, 2.45) is 4.99 Å². The molecule has 31 heavy (non-hydrogen) atoms. The molecule has 3 heterocycles. The van der Waals surface area contributed by atoms with Crippen molar-refractivity contribution in [3.05, 3.63) is 64.6 Å². The molecule has 4 heteroatoms. The van der Waals surface area contributed by atoms with Crippen molar-refractivity contribution < 1.29 is 4.74 Å². The predicted octanol–water partition coefficient (Wildman–Crippen LogP) is 7.49. The summed E-state index contributed by atoms with van der Waals surface area (Å²) in [5.41, 5.74) is 6.58.